The number of nitrogens with zero attached hydrogens (tertiary/aromatic N) is 2. The Hall–Kier alpha value is -2.38. The number of carbonyl (C=O) groups is 1. The Labute approximate surface area is 163 Å². The van der Waals surface area contributed by atoms with Gasteiger partial charge in [-0.3, -0.25) is 4.79 Å². The van der Waals surface area contributed by atoms with Crippen molar-refractivity contribution in [3.05, 3.63) is 52.0 Å². The predicted molar refractivity (Wildman–Crippen MR) is 103 cm³/mol. The predicted octanol–water partition coefficient (Wildman–Crippen LogP) is 5.76. The molecule has 0 aliphatic heterocycles. The van der Waals surface area contributed by atoms with Gasteiger partial charge in [0, 0.05) is 14.9 Å². The van der Waals surface area contributed by atoms with Crippen LogP contribution in [-0.2, 0) is 4.79 Å². The van der Waals surface area contributed by atoms with Gasteiger partial charge in [-0.2, -0.15) is 0 Å². The number of ether oxygens (including phenoxy) is 1. The first-order valence-electron chi connectivity index (χ1n) is 7.67. The average Bonchev–Trinajstić information content (AvgIpc) is 2.89. The largest absolute Gasteiger partial charge is 0.493 e. The summed E-state index contributed by atoms with van der Waals surface area (Å²) in [6.07, 6.45) is 0. The maximum absolute atomic E-state index is 12.4. The van der Waals surface area contributed by atoms with Crippen molar-refractivity contribution < 1.29 is 14.6 Å². The molecule has 6 nitrogen and oxygen atoms in total. The van der Waals surface area contributed by atoms with E-state index >= 15 is 0 Å². The van der Waals surface area contributed by atoms with Crippen LogP contribution in [0.2, 0.25) is 5.02 Å². The Morgan fingerprint density at radius 1 is 1.23 bits per heavy atom. The van der Waals surface area contributed by atoms with E-state index in [1.54, 1.807) is 50.2 Å². The third-order valence-corrected chi connectivity index (χ3v) is 4.40. The van der Waals surface area contributed by atoms with Gasteiger partial charge in [0.05, 0.1) is 5.52 Å². The van der Waals surface area contributed by atoms with E-state index in [9.17, 15) is 9.90 Å². The monoisotopic (exact) mass is 435 g/mol. The minimum absolute atomic E-state index is 0.161. The summed E-state index contributed by atoms with van der Waals surface area (Å²) >= 11 is 9.21. The second-order valence-corrected chi connectivity index (χ2v) is 7.44. The molecule has 1 heterocycles. The molecule has 0 atom stereocenters. The first-order chi connectivity index (χ1) is 12.3. The number of aromatic amines is 1. The number of rotatable bonds is 4. The topological polar surface area (TPSA) is 87.0 Å². The number of hydrogen-bond donors (Lipinski definition) is 2. The van der Waals surface area contributed by atoms with Crippen LogP contribution in [0.25, 0.3) is 10.9 Å². The molecule has 0 spiro atoms. The summed E-state index contributed by atoms with van der Waals surface area (Å²) in [6.45, 7) is 3.18. The molecule has 134 valence electrons. The molecule has 0 bridgehead atoms. The summed E-state index contributed by atoms with van der Waals surface area (Å²) < 4.78 is 6.50. The molecule has 1 amide bonds. The number of amides is 1. The van der Waals surface area contributed by atoms with Gasteiger partial charge in [0.2, 0.25) is 5.88 Å². The molecule has 0 saturated carbocycles. The standard InChI is InChI=1S/C18H15BrClN3O3/c1-18(2,26-12-6-4-11(20)5-7-12)17(25)23-22-15-13-9-10(19)3-8-14(13)21-16(15)24/h3-9,21,24H,1-2H3. The van der Waals surface area contributed by atoms with Gasteiger partial charge in [-0.25, -0.2) is 0 Å². The lowest BCUT2D eigenvalue weighted by atomic mass is 10.1. The molecule has 2 aromatic carbocycles. The van der Waals surface area contributed by atoms with Gasteiger partial charge in [-0.15, -0.1) is 10.2 Å². The summed E-state index contributed by atoms with van der Waals surface area (Å²) in [4.78, 5) is 15.2. The maximum Gasteiger partial charge on any atom is 0.307 e. The molecule has 3 aromatic rings. The molecule has 1 aromatic heterocycles. The second-order valence-electron chi connectivity index (χ2n) is 6.08. The van der Waals surface area contributed by atoms with Gasteiger partial charge >= 0.3 is 5.91 Å². The van der Waals surface area contributed by atoms with Crippen molar-refractivity contribution in [1.29, 1.82) is 0 Å². The van der Waals surface area contributed by atoms with Crippen molar-refractivity contribution in [3.8, 4) is 11.6 Å². The minimum atomic E-state index is -1.24. The Morgan fingerprint density at radius 3 is 2.62 bits per heavy atom. The van der Waals surface area contributed by atoms with Crippen molar-refractivity contribution in [2.45, 2.75) is 19.4 Å². The van der Waals surface area contributed by atoms with Crippen molar-refractivity contribution >= 4 is 50.0 Å². The van der Waals surface area contributed by atoms with Crippen LogP contribution in [0, 0.1) is 0 Å². The fourth-order valence-electron chi connectivity index (χ4n) is 2.29. The Kier molecular flexibility index (Phi) is 5.02. The van der Waals surface area contributed by atoms with Gasteiger partial charge in [-0.1, -0.05) is 27.5 Å². The number of nitrogens with one attached hydrogen (secondary N) is 1. The van der Waals surface area contributed by atoms with Crippen LogP contribution < -0.4 is 4.74 Å². The number of hydrogen-bond acceptors (Lipinski definition) is 4. The van der Waals surface area contributed by atoms with E-state index in [-0.39, 0.29) is 11.6 Å². The van der Waals surface area contributed by atoms with Gasteiger partial charge in [0.15, 0.2) is 11.3 Å². The van der Waals surface area contributed by atoms with E-state index in [2.05, 4.69) is 31.1 Å². The molecular formula is C18H15BrClN3O3. The number of aromatic hydroxyl groups is 1. The molecule has 3 rings (SSSR count). The first-order valence-corrected chi connectivity index (χ1v) is 8.84. The van der Waals surface area contributed by atoms with E-state index in [0.29, 0.717) is 21.7 Å². The van der Waals surface area contributed by atoms with E-state index in [1.165, 1.54) is 0 Å². The van der Waals surface area contributed by atoms with E-state index in [0.717, 1.165) is 4.47 Å². The highest BCUT2D eigenvalue weighted by molar-refractivity contribution is 9.10. The number of carbonyl (C=O) groups excluding carboxylic acids is 1. The van der Waals surface area contributed by atoms with Gasteiger partial charge in [0.1, 0.15) is 5.75 Å². The molecular weight excluding hydrogens is 422 g/mol. The first kappa shape index (κ1) is 18.4. The Balaban J connectivity index is 1.83. The Bertz CT molecular complexity index is 997. The Morgan fingerprint density at radius 2 is 1.92 bits per heavy atom. The number of H-pyrrole nitrogens is 1. The number of azo groups is 1. The molecule has 26 heavy (non-hydrogen) atoms. The molecule has 0 aliphatic carbocycles. The SMILES string of the molecule is CC(C)(Oc1ccc(Cl)cc1)C(=O)N=Nc1c(O)[nH]c2ccc(Br)cc12. The molecule has 0 radical (unpaired) electrons. The van der Waals surface area contributed by atoms with Crippen LogP contribution in [0.15, 0.2) is 57.2 Å². The zero-order valence-electron chi connectivity index (χ0n) is 14.0. The van der Waals surface area contributed by atoms with Crippen molar-refractivity contribution in [1.82, 2.24) is 4.98 Å². The molecule has 0 aliphatic rings. The fourth-order valence-corrected chi connectivity index (χ4v) is 2.78. The zero-order chi connectivity index (χ0) is 18.9. The third-order valence-electron chi connectivity index (χ3n) is 3.66. The van der Waals surface area contributed by atoms with Crippen LogP contribution in [0.5, 0.6) is 11.6 Å². The lowest BCUT2D eigenvalue weighted by Gasteiger charge is -2.22. The van der Waals surface area contributed by atoms with Crippen LogP contribution in [0.1, 0.15) is 13.8 Å². The summed E-state index contributed by atoms with van der Waals surface area (Å²) in [6, 6.07) is 12.1. The summed E-state index contributed by atoms with van der Waals surface area (Å²) in [5.41, 5.74) is -0.361. The second kappa shape index (κ2) is 7.09. The van der Waals surface area contributed by atoms with Gasteiger partial charge < -0.3 is 14.8 Å². The molecule has 2 N–H and O–H groups in total. The van der Waals surface area contributed by atoms with Crippen LogP contribution in [0.4, 0.5) is 5.69 Å². The normalized spacial score (nSPS) is 12.0. The smallest absolute Gasteiger partial charge is 0.307 e. The molecule has 0 fully saturated rings. The van der Waals surface area contributed by atoms with E-state index in [4.69, 9.17) is 16.3 Å². The van der Waals surface area contributed by atoms with Crippen molar-refractivity contribution in [3.63, 3.8) is 0 Å². The molecule has 0 unspecified atom stereocenters. The van der Waals surface area contributed by atoms with E-state index < -0.39 is 11.5 Å². The maximum atomic E-state index is 12.4. The van der Waals surface area contributed by atoms with E-state index in [1.807, 2.05) is 6.07 Å². The third kappa shape index (κ3) is 3.89. The molecule has 0 saturated heterocycles. The highest BCUT2D eigenvalue weighted by Crippen LogP contribution is 2.37. The summed E-state index contributed by atoms with van der Waals surface area (Å²) in [7, 11) is 0. The molecule has 8 heteroatoms. The van der Waals surface area contributed by atoms with Crippen LogP contribution >= 0.6 is 27.5 Å². The summed E-state index contributed by atoms with van der Waals surface area (Å²) in [5.74, 6) is -0.260. The highest BCUT2D eigenvalue weighted by Gasteiger charge is 2.30. The van der Waals surface area contributed by atoms with Gasteiger partial charge in [-0.05, 0) is 56.3 Å². The number of fused-ring (bicyclic) bond motifs is 1. The lowest BCUT2D eigenvalue weighted by molar-refractivity contribution is -0.131. The average molecular weight is 437 g/mol. The van der Waals surface area contributed by atoms with Crippen LogP contribution in [0.3, 0.4) is 0 Å². The van der Waals surface area contributed by atoms with Crippen LogP contribution in [-0.4, -0.2) is 21.6 Å². The fraction of sp³-hybridized carbons (Fsp3) is 0.167. The zero-order valence-corrected chi connectivity index (χ0v) is 16.3. The van der Waals surface area contributed by atoms with Gasteiger partial charge in [0.25, 0.3) is 0 Å². The minimum Gasteiger partial charge on any atom is -0.493 e. The number of halogens is 2. The number of aromatic nitrogens is 1. The lowest BCUT2D eigenvalue weighted by Crippen LogP contribution is -2.36. The van der Waals surface area contributed by atoms with Crippen molar-refractivity contribution in [2.75, 3.05) is 0 Å². The van der Waals surface area contributed by atoms with Crippen molar-refractivity contribution in [2.24, 2.45) is 10.2 Å². The highest BCUT2D eigenvalue weighted by atomic mass is 79.9. The summed E-state index contributed by atoms with van der Waals surface area (Å²) in [5, 5.41) is 18.9. The number of benzene rings is 2. The quantitative estimate of drug-likeness (QED) is 0.510.